The quantitative estimate of drug-likeness (QED) is 0.675. The zero-order chi connectivity index (χ0) is 18.3. The van der Waals surface area contributed by atoms with Gasteiger partial charge in [0.1, 0.15) is 11.2 Å². The molecule has 5 heteroatoms. The summed E-state index contributed by atoms with van der Waals surface area (Å²) in [5.41, 5.74) is -0.133. The number of carbonyl (C=O) groups is 1. The van der Waals surface area contributed by atoms with Crippen molar-refractivity contribution in [2.75, 3.05) is 0 Å². The first-order chi connectivity index (χ1) is 12.1. The lowest BCUT2D eigenvalue weighted by Gasteiger charge is -2.29. The third-order valence-corrected chi connectivity index (χ3v) is 4.57. The van der Waals surface area contributed by atoms with Crippen molar-refractivity contribution in [2.45, 2.75) is 52.0 Å². The predicted octanol–water partition coefficient (Wildman–Crippen LogP) is 4.49. The van der Waals surface area contributed by atoms with Gasteiger partial charge >= 0.3 is 0 Å². The van der Waals surface area contributed by atoms with Crippen LogP contribution in [0.15, 0.2) is 43.0 Å². The van der Waals surface area contributed by atoms with E-state index in [0.29, 0.717) is 19.3 Å². The lowest BCUT2D eigenvalue weighted by Crippen LogP contribution is -2.37. The predicted molar refractivity (Wildman–Crippen MR) is 94.2 cm³/mol. The number of hydrogen-bond donors (Lipinski definition) is 0. The average Bonchev–Trinajstić information content (AvgIpc) is 3.14. The van der Waals surface area contributed by atoms with E-state index in [1.807, 2.05) is 13.8 Å². The third kappa shape index (κ3) is 4.33. The average molecular weight is 341 g/mol. The number of imidazole rings is 1. The fraction of sp³-hybridized carbons (Fsp3) is 0.450. The van der Waals surface area contributed by atoms with Gasteiger partial charge in [0.05, 0.1) is 18.4 Å². The van der Waals surface area contributed by atoms with Gasteiger partial charge in [0.25, 0.3) is 0 Å². The summed E-state index contributed by atoms with van der Waals surface area (Å²) in [6, 6.07) is 7.93. The Morgan fingerprint density at radius 3 is 2.40 bits per heavy atom. The fourth-order valence-corrected chi connectivity index (χ4v) is 3.34. The maximum absolute atomic E-state index is 13.4. The van der Waals surface area contributed by atoms with Gasteiger partial charge in [-0.3, -0.25) is 4.79 Å². The van der Waals surface area contributed by atoms with Crippen molar-refractivity contribution < 1.29 is 9.18 Å². The minimum Gasteiger partial charge on any atom is -0.327 e. The van der Waals surface area contributed by atoms with Crippen LogP contribution >= 0.6 is 0 Å². The molecule has 0 aliphatic carbocycles. The number of nitrogens with zero attached hydrogens (tertiary/aromatic N) is 3. The fourth-order valence-electron chi connectivity index (χ4n) is 3.34. The lowest BCUT2D eigenvalue weighted by molar-refractivity contribution is -0.130. The molecule has 1 atom stereocenters. The van der Waals surface area contributed by atoms with Gasteiger partial charge in [-0.25, -0.2) is 9.37 Å². The van der Waals surface area contributed by atoms with Crippen LogP contribution in [0.5, 0.6) is 0 Å². The monoisotopic (exact) mass is 341 g/mol. The van der Waals surface area contributed by atoms with E-state index in [1.54, 1.807) is 35.4 Å². The first kappa shape index (κ1) is 18.9. The van der Waals surface area contributed by atoms with Crippen molar-refractivity contribution in [1.82, 2.24) is 9.55 Å². The van der Waals surface area contributed by atoms with Crippen LogP contribution in [-0.4, -0.2) is 15.3 Å². The van der Waals surface area contributed by atoms with Crippen molar-refractivity contribution in [3.8, 4) is 6.07 Å². The van der Waals surface area contributed by atoms with Gasteiger partial charge in [-0.15, -0.1) is 0 Å². The highest BCUT2D eigenvalue weighted by Crippen LogP contribution is 2.35. The van der Waals surface area contributed by atoms with Crippen molar-refractivity contribution >= 4 is 5.78 Å². The molecule has 0 saturated heterocycles. The number of benzene rings is 1. The molecule has 4 nitrogen and oxygen atoms in total. The van der Waals surface area contributed by atoms with E-state index in [1.165, 1.54) is 12.1 Å². The maximum Gasteiger partial charge on any atom is 0.176 e. The van der Waals surface area contributed by atoms with E-state index in [2.05, 4.69) is 11.1 Å². The normalized spacial score (nSPS) is 12.6. The van der Waals surface area contributed by atoms with Crippen LogP contribution < -0.4 is 0 Å². The second-order valence-corrected chi connectivity index (χ2v) is 6.41. The molecule has 0 aliphatic heterocycles. The van der Waals surface area contributed by atoms with Crippen LogP contribution in [0.1, 0.15) is 51.1 Å². The summed E-state index contributed by atoms with van der Waals surface area (Å²) in [4.78, 5) is 17.4. The first-order valence-corrected chi connectivity index (χ1v) is 8.73. The molecule has 0 radical (unpaired) electrons. The van der Waals surface area contributed by atoms with Gasteiger partial charge in [0.2, 0.25) is 0 Å². The highest BCUT2D eigenvalue weighted by atomic mass is 19.1. The van der Waals surface area contributed by atoms with Gasteiger partial charge in [0.15, 0.2) is 5.78 Å². The van der Waals surface area contributed by atoms with Crippen LogP contribution in [0.4, 0.5) is 4.39 Å². The number of aromatic nitrogens is 2. The van der Waals surface area contributed by atoms with E-state index in [4.69, 9.17) is 0 Å². The number of hydrogen-bond acceptors (Lipinski definition) is 3. The molecule has 0 N–H and O–H groups in total. The van der Waals surface area contributed by atoms with Crippen LogP contribution in [-0.2, 0) is 11.2 Å². The maximum atomic E-state index is 13.4. The molecule has 2 aromatic rings. The van der Waals surface area contributed by atoms with Crippen LogP contribution in [0.25, 0.3) is 0 Å². The van der Waals surface area contributed by atoms with Gasteiger partial charge in [-0.1, -0.05) is 38.8 Å². The smallest absolute Gasteiger partial charge is 0.176 e. The summed E-state index contributed by atoms with van der Waals surface area (Å²) < 4.78 is 14.9. The Hall–Kier alpha value is -2.48. The molecule has 132 valence electrons. The van der Waals surface area contributed by atoms with Crippen LogP contribution in [0.2, 0.25) is 0 Å². The third-order valence-electron chi connectivity index (χ3n) is 4.57. The second-order valence-electron chi connectivity index (χ2n) is 6.41. The number of rotatable bonds is 9. The molecule has 0 bridgehead atoms. The van der Waals surface area contributed by atoms with E-state index < -0.39 is 11.5 Å². The number of nitriles is 1. The molecule has 2 rings (SSSR count). The zero-order valence-electron chi connectivity index (χ0n) is 14.8. The highest BCUT2D eigenvalue weighted by molar-refractivity contribution is 5.91. The SMILES string of the molecule is CCCC(C#N)(CCC)C(=O)C(Cc1ccc(F)cc1)n1ccnc1. The van der Waals surface area contributed by atoms with Gasteiger partial charge < -0.3 is 4.57 Å². The summed E-state index contributed by atoms with van der Waals surface area (Å²) in [6.45, 7) is 3.97. The Bertz CT molecular complexity index is 710. The molecule has 1 aromatic heterocycles. The van der Waals surface area contributed by atoms with Gasteiger partial charge in [-0.05, 0) is 30.5 Å². The molecule has 0 saturated carbocycles. The molecule has 0 spiro atoms. The minimum absolute atomic E-state index is 0.0824. The number of ketones is 1. The van der Waals surface area contributed by atoms with E-state index in [-0.39, 0.29) is 11.6 Å². The van der Waals surface area contributed by atoms with Crippen molar-refractivity contribution in [1.29, 1.82) is 5.26 Å². The second kappa shape index (κ2) is 8.57. The van der Waals surface area contributed by atoms with Crippen LogP contribution in [0.3, 0.4) is 0 Å². The van der Waals surface area contributed by atoms with E-state index in [9.17, 15) is 14.4 Å². The van der Waals surface area contributed by atoms with Crippen molar-refractivity contribution in [2.24, 2.45) is 5.41 Å². The molecular formula is C20H24FN3O. The van der Waals surface area contributed by atoms with Gasteiger partial charge in [-0.2, -0.15) is 5.26 Å². The molecule has 0 fully saturated rings. The molecule has 1 aromatic carbocycles. The largest absolute Gasteiger partial charge is 0.327 e. The Morgan fingerprint density at radius 2 is 1.92 bits per heavy atom. The number of halogens is 1. The Kier molecular flexibility index (Phi) is 6.46. The molecule has 0 aliphatic rings. The first-order valence-electron chi connectivity index (χ1n) is 8.73. The van der Waals surface area contributed by atoms with Crippen LogP contribution in [0, 0.1) is 22.6 Å². The Balaban J connectivity index is 2.38. The molecule has 1 unspecified atom stereocenters. The van der Waals surface area contributed by atoms with Gasteiger partial charge in [0, 0.05) is 18.8 Å². The molecule has 1 heterocycles. The van der Waals surface area contributed by atoms with E-state index in [0.717, 1.165) is 18.4 Å². The Labute approximate surface area is 148 Å². The van der Waals surface area contributed by atoms with E-state index >= 15 is 0 Å². The lowest BCUT2D eigenvalue weighted by atomic mass is 9.73. The summed E-state index contributed by atoms with van der Waals surface area (Å²) >= 11 is 0. The number of Topliss-reactive ketones (excluding diaryl/α,β-unsaturated/α-hetero) is 1. The molecule has 25 heavy (non-hydrogen) atoms. The minimum atomic E-state index is -0.988. The topological polar surface area (TPSA) is 58.7 Å². The zero-order valence-corrected chi connectivity index (χ0v) is 14.8. The molecule has 0 amide bonds. The summed E-state index contributed by atoms with van der Waals surface area (Å²) in [6.07, 6.45) is 8.01. The summed E-state index contributed by atoms with van der Waals surface area (Å²) in [5.74, 6) is -0.390. The highest BCUT2D eigenvalue weighted by Gasteiger charge is 2.41. The summed E-state index contributed by atoms with van der Waals surface area (Å²) in [5, 5.41) is 9.81. The number of carbonyl (C=O) groups excluding carboxylic acids is 1. The standard InChI is InChI=1S/C20H24FN3O/c1-3-9-20(14-22,10-4-2)19(25)18(24-12-11-23-15-24)13-16-5-7-17(21)8-6-16/h5-8,11-12,15,18H,3-4,9-10,13H2,1-2H3. The van der Waals surface area contributed by atoms with Crippen molar-refractivity contribution in [3.05, 3.63) is 54.4 Å². The molecular weight excluding hydrogens is 317 g/mol. The Morgan fingerprint density at radius 1 is 1.28 bits per heavy atom. The van der Waals surface area contributed by atoms with Crippen molar-refractivity contribution in [3.63, 3.8) is 0 Å². The summed E-state index contributed by atoms with van der Waals surface area (Å²) in [7, 11) is 0.